The molecule has 0 aliphatic heterocycles. The van der Waals surface area contributed by atoms with Gasteiger partial charge in [-0.1, -0.05) is 35.9 Å². The Labute approximate surface area is 144 Å². The van der Waals surface area contributed by atoms with E-state index >= 15 is 0 Å². The molecule has 4 nitrogen and oxygen atoms in total. The Balaban J connectivity index is 1.95. The molecule has 23 heavy (non-hydrogen) atoms. The van der Waals surface area contributed by atoms with Crippen molar-refractivity contribution in [3.63, 3.8) is 0 Å². The summed E-state index contributed by atoms with van der Waals surface area (Å²) in [4.78, 5) is 1.22. The predicted octanol–water partition coefficient (Wildman–Crippen LogP) is 4.52. The molecule has 0 amide bonds. The van der Waals surface area contributed by atoms with Crippen molar-refractivity contribution in [1.82, 2.24) is 14.9 Å². The van der Waals surface area contributed by atoms with E-state index in [0.29, 0.717) is 10.6 Å². The van der Waals surface area contributed by atoms with E-state index in [0.717, 1.165) is 11.1 Å². The standard InChI is InChI=1S/C17H16N4S2/c1-12-4-3-5-14(10-12)16-19-20-17(22)21(16)18-11-13-6-8-15(23-2)9-7-13/h3-11H,1-2H3,(H,20,22). The molecule has 116 valence electrons. The van der Waals surface area contributed by atoms with Crippen molar-refractivity contribution in [3.05, 3.63) is 64.4 Å². The number of nitrogens with zero attached hydrogens (tertiary/aromatic N) is 3. The maximum Gasteiger partial charge on any atom is 0.216 e. The van der Waals surface area contributed by atoms with E-state index in [4.69, 9.17) is 12.2 Å². The Morgan fingerprint density at radius 3 is 2.70 bits per heavy atom. The minimum atomic E-state index is 0.471. The first-order valence-electron chi connectivity index (χ1n) is 7.10. The van der Waals surface area contributed by atoms with E-state index in [-0.39, 0.29) is 0 Å². The van der Waals surface area contributed by atoms with Gasteiger partial charge in [-0.15, -0.1) is 11.8 Å². The second kappa shape index (κ2) is 6.93. The van der Waals surface area contributed by atoms with Gasteiger partial charge < -0.3 is 0 Å². The lowest BCUT2D eigenvalue weighted by molar-refractivity contribution is 0.871. The SMILES string of the molecule is CSc1ccc(C=Nn2c(-c3cccc(C)c3)n[nH]c2=S)cc1. The first-order valence-corrected chi connectivity index (χ1v) is 8.73. The Morgan fingerprint density at radius 2 is 2.00 bits per heavy atom. The first kappa shape index (κ1) is 15.7. The fourth-order valence-corrected chi connectivity index (χ4v) is 2.77. The molecule has 0 spiro atoms. The Morgan fingerprint density at radius 1 is 1.22 bits per heavy atom. The maximum absolute atomic E-state index is 5.29. The highest BCUT2D eigenvalue weighted by molar-refractivity contribution is 7.98. The lowest BCUT2D eigenvalue weighted by atomic mass is 10.1. The maximum atomic E-state index is 5.29. The van der Waals surface area contributed by atoms with Gasteiger partial charge in [-0.25, -0.2) is 5.10 Å². The van der Waals surface area contributed by atoms with Crippen LogP contribution in [0.2, 0.25) is 0 Å². The van der Waals surface area contributed by atoms with Crippen molar-refractivity contribution in [1.29, 1.82) is 0 Å². The number of aryl methyl sites for hydroxylation is 1. The Bertz CT molecular complexity index is 891. The van der Waals surface area contributed by atoms with E-state index in [9.17, 15) is 0 Å². The van der Waals surface area contributed by atoms with Gasteiger partial charge in [0.25, 0.3) is 0 Å². The van der Waals surface area contributed by atoms with E-state index in [2.05, 4.69) is 39.8 Å². The third kappa shape index (κ3) is 3.60. The van der Waals surface area contributed by atoms with Crippen LogP contribution in [0.3, 0.4) is 0 Å². The molecule has 0 unspecified atom stereocenters. The van der Waals surface area contributed by atoms with Gasteiger partial charge in [0.1, 0.15) is 0 Å². The molecule has 0 saturated carbocycles. The second-order valence-corrected chi connectivity index (χ2v) is 6.32. The molecule has 3 aromatic rings. The van der Waals surface area contributed by atoms with Crippen LogP contribution in [0.5, 0.6) is 0 Å². The van der Waals surface area contributed by atoms with Gasteiger partial charge in [-0.3, -0.25) is 0 Å². The van der Waals surface area contributed by atoms with E-state index in [1.807, 2.05) is 37.3 Å². The predicted molar refractivity (Wildman–Crippen MR) is 98.8 cm³/mol. The van der Waals surface area contributed by atoms with Crippen molar-refractivity contribution < 1.29 is 0 Å². The van der Waals surface area contributed by atoms with E-state index in [1.165, 1.54) is 10.5 Å². The van der Waals surface area contributed by atoms with Crippen LogP contribution in [0, 0.1) is 11.7 Å². The van der Waals surface area contributed by atoms with Gasteiger partial charge in [0.15, 0.2) is 5.82 Å². The molecule has 1 aromatic heterocycles. The molecular formula is C17H16N4S2. The minimum absolute atomic E-state index is 0.471. The minimum Gasteiger partial charge on any atom is -0.250 e. The van der Waals surface area contributed by atoms with Gasteiger partial charge in [-0.2, -0.15) is 14.9 Å². The quantitative estimate of drug-likeness (QED) is 0.431. The number of aromatic nitrogens is 3. The number of benzene rings is 2. The Kier molecular flexibility index (Phi) is 4.73. The van der Waals surface area contributed by atoms with Gasteiger partial charge in [0.05, 0.1) is 6.21 Å². The normalized spacial score (nSPS) is 11.2. The third-order valence-corrected chi connectivity index (χ3v) is 4.37. The number of H-pyrrole nitrogens is 1. The molecule has 1 N–H and O–H groups in total. The number of hydrogen-bond acceptors (Lipinski definition) is 4. The molecule has 0 aliphatic carbocycles. The van der Waals surface area contributed by atoms with Crippen LogP contribution in [-0.4, -0.2) is 27.3 Å². The topological polar surface area (TPSA) is 46.0 Å². The molecule has 0 aliphatic rings. The monoisotopic (exact) mass is 340 g/mol. The van der Waals surface area contributed by atoms with Gasteiger partial charge >= 0.3 is 0 Å². The highest BCUT2D eigenvalue weighted by Crippen LogP contribution is 2.18. The van der Waals surface area contributed by atoms with Crippen molar-refractivity contribution >= 4 is 30.2 Å². The lowest BCUT2D eigenvalue weighted by Crippen LogP contribution is -1.95. The molecule has 6 heteroatoms. The average Bonchev–Trinajstić information content (AvgIpc) is 2.94. The summed E-state index contributed by atoms with van der Waals surface area (Å²) < 4.78 is 2.12. The summed E-state index contributed by atoms with van der Waals surface area (Å²) in [7, 11) is 0. The fraction of sp³-hybridized carbons (Fsp3) is 0.118. The van der Waals surface area contributed by atoms with E-state index in [1.54, 1.807) is 22.7 Å². The zero-order chi connectivity index (χ0) is 16.2. The summed E-state index contributed by atoms with van der Waals surface area (Å²) >= 11 is 7.00. The first-order chi connectivity index (χ1) is 11.2. The largest absolute Gasteiger partial charge is 0.250 e. The molecule has 0 radical (unpaired) electrons. The molecule has 1 heterocycles. The highest BCUT2D eigenvalue weighted by Gasteiger charge is 2.07. The summed E-state index contributed by atoms with van der Waals surface area (Å²) in [6.45, 7) is 2.05. The number of hydrogen-bond donors (Lipinski definition) is 1. The number of thioether (sulfide) groups is 1. The molecule has 0 saturated heterocycles. The van der Waals surface area contributed by atoms with Crippen LogP contribution in [-0.2, 0) is 0 Å². The van der Waals surface area contributed by atoms with Crippen LogP contribution in [0.25, 0.3) is 11.4 Å². The summed E-state index contributed by atoms with van der Waals surface area (Å²) in [5.74, 6) is 0.704. The van der Waals surface area contributed by atoms with Crippen molar-refractivity contribution in [2.45, 2.75) is 11.8 Å². The average molecular weight is 340 g/mol. The third-order valence-electron chi connectivity index (χ3n) is 3.36. The Hall–Kier alpha value is -2.18. The number of nitrogens with one attached hydrogen (secondary N) is 1. The van der Waals surface area contributed by atoms with Crippen molar-refractivity contribution in [2.24, 2.45) is 5.10 Å². The fourth-order valence-electron chi connectivity index (χ4n) is 2.18. The molecular weight excluding hydrogens is 324 g/mol. The summed E-state index contributed by atoms with van der Waals surface area (Å²) in [6.07, 6.45) is 3.84. The summed E-state index contributed by atoms with van der Waals surface area (Å²) in [5.41, 5.74) is 3.16. The van der Waals surface area contributed by atoms with Crippen LogP contribution in [0.4, 0.5) is 0 Å². The van der Waals surface area contributed by atoms with Crippen molar-refractivity contribution in [2.75, 3.05) is 6.26 Å². The van der Waals surface area contributed by atoms with E-state index < -0.39 is 0 Å². The molecule has 0 fully saturated rings. The molecule has 3 rings (SSSR count). The van der Waals surface area contributed by atoms with Crippen LogP contribution < -0.4 is 0 Å². The van der Waals surface area contributed by atoms with Crippen LogP contribution in [0.15, 0.2) is 58.5 Å². The van der Waals surface area contributed by atoms with Crippen LogP contribution in [0.1, 0.15) is 11.1 Å². The number of rotatable bonds is 4. The van der Waals surface area contributed by atoms with Gasteiger partial charge in [0.2, 0.25) is 4.77 Å². The zero-order valence-electron chi connectivity index (χ0n) is 12.9. The smallest absolute Gasteiger partial charge is 0.216 e. The van der Waals surface area contributed by atoms with Crippen LogP contribution >= 0.6 is 24.0 Å². The molecule has 0 bridgehead atoms. The van der Waals surface area contributed by atoms with Gasteiger partial charge in [0, 0.05) is 10.5 Å². The zero-order valence-corrected chi connectivity index (χ0v) is 14.5. The molecule has 0 atom stereocenters. The van der Waals surface area contributed by atoms with Crippen molar-refractivity contribution in [3.8, 4) is 11.4 Å². The summed E-state index contributed by atoms with van der Waals surface area (Å²) in [6, 6.07) is 16.3. The lowest BCUT2D eigenvalue weighted by Gasteiger charge is -2.02. The second-order valence-electron chi connectivity index (χ2n) is 5.05. The highest BCUT2D eigenvalue weighted by atomic mass is 32.2. The molecule has 2 aromatic carbocycles. The van der Waals surface area contributed by atoms with Gasteiger partial charge in [-0.05, 0) is 49.2 Å². The summed E-state index contributed by atoms with van der Waals surface area (Å²) in [5, 5.41) is 11.6. The number of aromatic amines is 1.